The standard InChI is InChI=1S/C43H65N5O4/c1-10-42(44,11-2)24-52-35-32(48-36(46-26-47-48)29-15-20-45-21-16-29)22-43-25-51-23-39(35,7)33(43)13-12-30-31(43)14-17-41(9)34(37(49)50)38(6,28(5)27(3)4)18-19-40(30,41)8/h14-16,20-21,26-28,30,32-35H,10-13,17-19,22-25,44H2,1-9H3,(H,49,50)/t28?,30-,32+,33-,34+,35-,38+,39+,40+,41-,43-/m0/s1. The second-order valence-corrected chi connectivity index (χ2v) is 19.2. The number of pyridine rings is 1. The minimum Gasteiger partial charge on any atom is -0.481 e. The highest BCUT2D eigenvalue weighted by atomic mass is 16.5. The van der Waals surface area contributed by atoms with Crippen LogP contribution in [0, 0.1) is 56.7 Å². The normalized spacial score (nSPS) is 40.7. The van der Waals surface area contributed by atoms with Gasteiger partial charge in [-0.1, -0.05) is 74.0 Å². The number of nitrogens with two attached hydrogens (primary N) is 1. The fourth-order valence-corrected chi connectivity index (χ4v) is 13.0. The number of hydrogen-bond donors (Lipinski definition) is 2. The molecule has 9 nitrogen and oxygen atoms in total. The maximum absolute atomic E-state index is 13.6. The van der Waals surface area contributed by atoms with E-state index in [0.717, 1.165) is 62.8 Å². The molecule has 3 N–H and O–H groups in total. The van der Waals surface area contributed by atoms with E-state index in [2.05, 4.69) is 78.1 Å². The van der Waals surface area contributed by atoms with Crippen LogP contribution >= 0.6 is 0 Å². The molecule has 5 aliphatic rings. The first-order valence-corrected chi connectivity index (χ1v) is 20.3. The zero-order valence-corrected chi connectivity index (χ0v) is 33.3. The number of ether oxygens (including phenoxy) is 2. The molecule has 3 heterocycles. The Morgan fingerprint density at radius 2 is 1.79 bits per heavy atom. The van der Waals surface area contributed by atoms with Crippen LogP contribution in [-0.4, -0.2) is 62.3 Å². The zero-order valence-electron chi connectivity index (χ0n) is 33.3. The van der Waals surface area contributed by atoms with E-state index in [0.29, 0.717) is 43.5 Å². The van der Waals surface area contributed by atoms with Crippen LogP contribution in [0.1, 0.15) is 120 Å². The third-order valence-corrected chi connectivity index (χ3v) is 16.9. The van der Waals surface area contributed by atoms with Crippen LogP contribution < -0.4 is 5.73 Å². The second-order valence-electron chi connectivity index (χ2n) is 19.2. The van der Waals surface area contributed by atoms with E-state index >= 15 is 0 Å². The summed E-state index contributed by atoms with van der Waals surface area (Å²) in [6.07, 6.45) is 15.0. The number of carboxylic acid groups (broad SMARTS) is 1. The van der Waals surface area contributed by atoms with Gasteiger partial charge >= 0.3 is 5.97 Å². The van der Waals surface area contributed by atoms with Gasteiger partial charge in [-0.25, -0.2) is 9.67 Å². The van der Waals surface area contributed by atoms with Crippen LogP contribution in [0.3, 0.4) is 0 Å². The Hall–Kier alpha value is -2.62. The Kier molecular flexibility index (Phi) is 9.43. The van der Waals surface area contributed by atoms with Crippen LogP contribution in [0.15, 0.2) is 42.5 Å². The quantitative estimate of drug-likeness (QED) is 0.235. The van der Waals surface area contributed by atoms with Crippen LogP contribution in [0.4, 0.5) is 0 Å². The molecule has 1 saturated heterocycles. The molecule has 2 aromatic rings. The Balaban J connectivity index is 1.35. The molecule has 3 saturated carbocycles. The van der Waals surface area contributed by atoms with Crippen molar-refractivity contribution in [2.24, 2.45) is 62.4 Å². The maximum atomic E-state index is 13.6. The van der Waals surface area contributed by atoms with Gasteiger partial charge in [0.15, 0.2) is 5.82 Å². The van der Waals surface area contributed by atoms with E-state index in [-0.39, 0.29) is 39.2 Å². The summed E-state index contributed by atoms with van der Waals surface area (Å²) in [5.74, 6) is 1.16. The first kappa shape index (κ1) is 37.7. The summed E-state index contributed by atoms with van der Waals surface area (Å²) in [4.78, 5) is 22.6. The van der Waals surface area contributed by atoms with Gasteiger partial charge < -0.3 is 20.3 Å². The topological polar surface area (TPSA) is 125 Å². The van der Waals surface area contributed by atoms with Crippen molar-refractivity contribution in [2.75, 3.05) is 19.8 Å². The molecular formula is C43H65N5O4. The Morgan fingerprint density at radius 3 is 2.44 bits per heavy atom. The lowest BCUT2D eigenvalue weighted by atomic mass is 9.34. The number of nitrogens with zero attached hydrogens (tertiary/aromatic N) is 4. The van der Waals surface area contributed by atoms with Crippen molar-refractivity contribution in [1.82, 2.24) is 19.7 Å². The average molecular weight is 716 g/mol. The Labute approximate surface area is 311 Å². The molecule has 1 unspecified atom stereocenters. The van der Waals surface area contributed by atoms with Gasteiger partial charge in [0.05, 0.1) is 37.9 Å². The smallest absolute Gasteiger partial charge is 0.307 e. The highest BCUT2D eigenvalue weighted by Crippen LogP contribution is 2.75. The van der Waals surface area contributed by atoms with Crippen molar-refractivity contribution in [3.63, 3.8) is 0 Å². The minimum absolute atomic E-state index is 0.0946. The SMILES string of the molecule is CCC(N)(CC)CO[C@H]1[C@H](n2ncnc2-c2ccncc2)C[C@@]23COC[C@]1(C)[C@@H]2CC[C@H]1C3=CC[C@@]2(C)[C@H](C(=O)O)[C@@](C)(C(C)C(C)C)CC[C@]12C. The molecule has 2 aromatic heterocycles. The minimum atomic E-state index is -0.622. The molecule has 0 amide bonds. The van der Waals surface area contributed by atoms with Crippen LogP contribution in [0.25, 0.3) is 11.4 Å². The predicted octanol–water partition coefficient (Wildman–Crippen LogP) is 8.37. The largest absolute Gasteiger partial charge is 0.481 e. The predicted molar refractivity (Wildman–Crippen MR) is 203 cm³/mol. The third kappa shape index (κ3) is 5.25. The van der Waals surface area contributed by atoms with Gasteiger partial charge in [0.1, 0.15) is 6.33 Å². The molecule has 286 valence electrons. The molecule has 1 aliphatic heterocycles. The molecule has 7 rings (SSSR count). The zero-order chi connectivity index (χ0) is 37.5. The van der Waals surface area contributed by atoms with E-state index in [4.69, 9.17) is 25.3 Å². The number of carbonyl (C=O) groups is 1. The summed E-state index contributed by atoms with van der Waals surface area (Å²) < 4.78 is 16.1. The molecule has 0 spiro atoms. The van der Waals surface area contributed by atoms with Gasteiger partial charge in [-0.15, -0.1) is 0 Å². The number of rotatable bonds is 10. The van der Waals surface area contributed by atoms with Gasteiger partial charge in [0, 0.05) is 34.3 Å². The van der Waals surface area contributed by atoms with Gasteiger partial charge in [-0.05, 0) is 103 Å². The van der Waals surface area contributed by atoms with Crippen LogP contribution in [-0.2, 0) is 14.3 Å². The van der Waals surface area contributed by atoms with Gasteiger partial charge in [-0.2, -0.15) is 5.10 Å². The lowest BCUT2D eigenvalue weighted by Crippen LogP contribution is -2.69. The van der Waals surface area contributed by atoms with Crippen LogP contribution in [0.5, 0.6) is 0 Å². The van der Waals surface area contributed by atoms with Crippen molar-refractivity contribution in [2.45, 2.75) is 131 Å². The number of hydrogen-bond acceptors (Lipinski definition) is 7. The fourth-order valence-electron chi connectivity index (χ4n) is 13.0. The summed E-state index contributed by atoms with van der Waals surface area (Å²) >= 11 is 0. The number of carboxylic acids is 1. The number of aliphatic carboxylic acids is 1. The average Bonchev–Trinajstić information content (AvgIpc) is 3.61. The molecule has 2 bridgehead atoms. The molecule has 9 heteroatoms. The Bertz CT molecular complexity index is 1670. The summed E-state index contributed by atoms with van der Waals surface area (Å²) in [5, 5.41) is 16.1. The molecule has 11 atom stereocenters. The number of aromatic nitrogens is 4. The molecule has 0 radical (unpaired) electrons. The van der Waals surface area contributed by atoms with Crippen LogP contribution in [0.2, 0.25) is 0 Å². The number of allylic oxidation sites excluding steroid dienone is 1. The first-order valence-electron chi connectivity index (χ1n) is 20.3. The monoisotopic (exact) mass is 716 g/mol. The van der Waals surface area contributed by atoms with E-state index in [1.54, 1.807) is 6.33 Å². The van der Waals surface area contributed by atoms with Gasteiger partial charge in [0.2, 0.25) is 0 Å². The Morgan fingerprint density at radius 1 is 1.08 bits per heavy atom. The molecule has 0 aromatic carbocycles. The second kappa shape index (κ2) is 13.0. The first-order chi connectivity index (χ1) is 24.5. The molecule has 4 fully saturated rings. The lowest BCUT2D eigenvalue weighted by molar-refractivity contribution is -0.252. The summed E-state index contributed by atoms with van der Waals surface area (Å²) in [6.45, 7) is 22.3. The highest BCUT2D eigenvalue weighted by molar-refractivity contribution is 5.73. The van der Waals surface area contributed by atoms with E-state index in [1.165, 1.54) is 5.57 Å². The van der Waals surface area contributed by atoms with Gasteiger partial charge in [-0.3, -0.25) is 9.78 Å². The van der Waals surface area contributed by atoms with E-state index < -0.39 is 17.4 Å². The van der Waals surface area contributed by atoms with Crippen molar-refractivity contribution in [3.05, 3.63) is 42.5 Å². The third-order valence-electron chi connectivity index (χ3n) is 16.9. The van der Waals surface area contributed by atoms with Crippen molar-refractivity contribution in [1.29, 1.82) is 0 Å². The molecule has 52 heavy (non-hydrogen) atoms. The van der Waals surface area contributed by atoms with E-state index in [9.17, 15) is 9.90 Å². The summed E-state index contributed by atoms with van der Waals surface area (Å²) in [7, 11) is 0. The lowest BCUT2D eigenvalue weighted by Gasteiger charge is -2.71. The summed E-state index contributed by atoms with van der Waals surface area (Å²) in [6, 6.07) is 3.91. The number of fused-ring (bicyclic) bond motifs is 3. The van der Waals surface area contributed by atoms with Gasteiger partial charge in [0.25, 0.3) is 0 Å². The molecular weight excluding hydrogens is 651 g/mol. The molecule has 4 aliphatic carbocycles. The highest BCUT2D eigenvalue weighted by Gasteiger charge is 2.72. The summed E-state index contributed by atoms with van der Waals surface area (Å²) in [5.41, 5.74) is 7.71. The fraction of sp³-hybridized carbons (Fsp3) is 0.767. The van der Waals surface area contributed by atoms with Crippen molar-refractivity contribution in [3.8, 4) is 11.4 Å². The van der Waals surface area contributed by atoms with E-state index in [1.807, 2.05) is 24.5 Å². The van der Waals surface area contributed by atoms with Crippen molar-refractivity contribution < 1.29 is 19.4 Å². The van der Waals surface area contributed by atoms with Crippen molar-refractivity contribution >= 4 is 5.97 Å². The maximum Gasteiger partial charge on any atom is 0.307 e.